The highest BCUT2D eigenvalue weighted by Crippen LogP contribution is 2.12. The summed E-state index contributed by atoms with van der Waals surface area (Å²) in [5.41, 5.74) is 0. The molecule has 1 aliphatic rings. The highest BCUT2D eigenvalue weighted by Gasteiger charge is 2.20. The first-order valence-corrected chi connectivity index (χ1v) is 8.86. The second-order valence-electron chi connectivity index (χ2n) is 6.42. The minimum absolute atomic E-state index is 0.153. The van der Waals surface area contributed by atoms with E-state index in [2.05, 4.69) is 33.9 Å². The molecule has 0 radical (unpaired) electrons. The van der Waals surface area contributed by atoms with Gasteiger partial charge in [0.15, 0.2) is 0 Å². The third kappa shape index (κ3) is 6.18. The third-order valence-corrected chi connectivity index (χ3v) is 4.36. The summed E-state index contributed by atoms with van der Waals surface area (Å²) in [5.74, 6) is 1.18. The van der Waals surface area contributed by atoms with E-state index in [1.165, 1.54) is 19.3 Å². The van der Waals surface area contributed by atoms with Gasteiger partial charge in [-0.3, -0.25) is 9.69 Å². The molecule has 1 fully saturated rings. The van der Waals surface area contributed by atoms with Crippen LogP contribution in [0.5, 0.6) is 0 Å². The topological polar surface area (TPSA) is 48.5 Å². The van der Waals surface area contributed by atoms with Gasteiger partial charge in [0.25, 0.3) is 0 Å². The number of pyridine rings is 1. The zero-order valence-electron chi connectivity index (χ0n) is 14.5. The van der Waals surface area contributed by atoms with E-state index in [4.69, 9.17) is 0 Å². The molecule has 2 heterocycles. The van der Waals surface area contributed by atoms with Crippen molar-refractivity contribution in [2.45, 2.75) is 45.6 Å². The molecular formula is C18H30N4O. The van der Waals surface area contributed by atoms with Gasteiger partial charge < -0.3 is 10.2 Å². The summed E-state index contributed by atoms with van der Waals surface area (Å²) in [6, 6.07) is 6.28. The predicted molar refractivity (Wildman–Crippen MR) is 94.6 cm³/mol. The molecule has 23 heavy (non-hydrogen) atoms. The summed E-state index contributed by atoms with van der Waals surface area (Å²) in [7, 11) is 0. The van der Waals surface area contributed by atoms with Crippen molar-refractivity contribution in [1.29, 1.82) is 0 Å². The first kappa shape index (κ1) is 17.7. The van der Waals surface area contributed by atoms with Gasteiger partial charge >= 0.3 is 0 Å². The summed E-state index contributed by atoms with van der Waals surface area (Å²) in [4.78, 5) is 21.0. The highest BCUT2D eigenvalue weighted by molar-refractivity contribution is 5.78. The van der Waals surface area contributed by atoms with E-state index in [9.17, 15) is 4.79 Å². The van der Waals surface area contributed by atoms with Crippen molar-refractivity contribution in [3.05, 3.63) is 24.4 Å². The van der Waals surface area contributed by atoms with E-state index < -0.39 is 0 Å². The molecule has 128 valence electrons. The number of hydrogen-bond donors (Lipinski definition) is 1. The van der Waals surface area contributed by atoms with E-state index in [0.29, 0.717) is 6.54 Å². The zero-order chi connectivity index (χ0) is 16.5. The van der Waals surface area contributed by atoms with Gasteiger partial charge in [0.05, 0.1) is 6.54 Å². The van der Waals surface area contributed by atoms with E-state index in [1.54, 1.807) is 0 Å². The van der Waals surface area contributed by atoms with Gasteiger partial charge in [-0.15, -0.1) is 0 Å². The maximum Gasteiger partial charge on any atom is 0.234 e. The van der Waals surface area contributed by atoms with Crippen molar-refractivity contribution < 1.29 is 4.79 Å². The molecule has 1 atom stereocenters. The van der Waals surface area contributed by atoms with Crippen LogP contribution in [-0.4, -0.2) is 54.6 Å². The van der Waals surface area contributed by atoms with Crippen LogP contribution in [-0.2, 0) is 4.79 Å². The minimum Gasteiger partial charge on any atom is -0.354 e. The monoisotopic (exact) mass is 318 g/mol. The van der Waals surface area contributed by atoms with Crippen LogP contribution in [0.4, 0.5) is 5.82 Å². The number of unbranched alkanes of at least 4 members (excludes halogenated alkanes) is 2. The second-order valence-corrected chi connectivity index (χ2v) is 6.42. The summed E-state index contributed by atoms with van der Waals surface area (Å²) in [5, 5.41) is 3.12. The number of amides is 1. The smallest absolute Gasteiger partial charge is 0.234 e. The van der Waals surface area contributed by atoms with Crippen LogP contribution in [0.15, 0.2) is 24.4 Å². The standard InChI is InChI=1S/C18H30N4O/c1-3-4-5-8-16(2)20-18(23)15-21-11-13-22(14-12-21)17-9-6-7-10-19-17/h6-7,9-10,16H,3-5,8,11-15H2,1-2H3,(H,20,23). The maximum absolute atomic E-state index is 12.1. The average Bonchev–Trinajstić information content (AvgIpc) is 2.56. The fraction of sp³-hybridized carbons (Fsp3) is 0.667. The van der Waals surface area contributed by atoms with Crippen LogP contribution in [0, 0.1) is 0 Å². The third-order valence-electron chi connectivity index (χ3n) is 4.36. The Hall–Kier alpha value is -1.62. The molecule has 0 aromatic carbocycles. The number of rotatable bonds is 8. The molecule has 1 saturated heterocycles. The van der Waals surface area contributed by atoms with E-state index >= 15 is 0 Å². The normalized spacial score (nSPS) is 17.0. The molecule has 0 aliphatic carbocycles. The first-order chi connectivity index (χ1) is 11.2. The lowest BCUT2D eigenvalue weighted by Crippen LogP contribution is -2.50. The van der Waals surface area contributed by atoms with Gasteiger partial charge in [-0.05, 0) is 25.5 Å². The lowest BCUT2D eigenvalue weighted by atomic mass is 10.1. The maximum atomic E-state index is 12.1. The number of nitrogens with zero attached hydrogens (tertiary/aromatic N) is 3. The van der Waals surface area contributed by atoms with Crippen molar-refractivity contribution in [3.63, 3.8) is 0 Å². The Labute approximate surface area is 140 Å². The Morgan fingerprint density at radius 3 is 2.70 bits per heavy atom. The Kier molecular flexibility index (Phi) is 7.33. The number of piperazine rings is 1. The molecule has 5 heteroatoms. The molecule has 1 unspecified atom stereocenters. The van der Waals surface area contributed by atoms with Gasteiger partial charge in [0.2, 0.25) is 5.91 Å². The SMILES string of the molecule is CCCCCC(C)NC(=O)CN1CCN(c2ccccn2)CC1. The summed E-state index contributed by atoms with van der Waals surface area (Å²) < 4.78 is 0. The van der Waals surface area contributed by atoms with Crippen LogP contribution in [0.25, 0.3) is 0 Å². The van der Waals surface area contributed by atoms with Crippen LogP contribution in [0.2, 0.25) is 0 Å². The van der Waals surface area contributed by atoms with Gasteiger partial charge in [0, 0.05) is 38.4 Å². The van der Waals surface area contributed by atoms with Crippen molar-refractivity contribution in [2.24, 2.45) is 0 Å². The number of carbonyl (C=O) groups excluding carboxylic acids is 1. The van der Waals surface area contributed by atoms with E-state index in [0.717, 1.165) is 38.4 Å². The number of nitrogens with one attached hydrogen (secondary N) is 1. The highest BCUT2D eigenvalue weighted by atomic mass is 16.2. The number of carbonyl (C=O) groups is 1. The fourth-order valence-electron chi connectivity index (χ4n) is 2.97. The summed E-state index contributed by atoms with van der Waals surface area (Å²) >= 11 is 0. The molecule has 0 spiro atoms. The molecule has 1 aromatic heterocycles. The average molecular weight is 318 g/mol. The second kappa shape index (κ2) is 9.50. The predicted octanol–water partition coefficient (Wildman–Crippen LogP) is 2.29. The van der Waals surface area contributed by atoms with Gasteiger partial charge in [-0.25, -0.2) is 4.98 Å². The van der Waals surface area contributed by atoms with Crippen molar-refractivity contribution >= 4 is 11.7 Å². The van der Waals surface area contributed by atoms with E-state index in [-0.39, 0.29) is 11.9 Å². The quantitative estimate of drug-likeness (QED) is 0.747. The molecule has 1 N–H and O–H groups in total. The first-order valence-electron chi connectivity index (χ1n) is 8.86. The number of aromatic nitrogens is 1. The number of anilines is 1. The van der Waals surface area contributed by atoms with Gasteiger partial charge in [-0.1, -0.05) is 32.3 Å². The van der Waals surface area contributed by atoms with Gasteiger partial charge in [0.1, 0.15) is 5.82 Å². The van der Waals surface area contributed by atoms with Crippen LogP contribution >= 0.6 is 0 Å². The van der Waals surface area contributed by atoms with Crippen molar-refractivity contribution in [1.82, 2.24) is 15.2 Å². The summed E-state index contributed by atoms with van der Waals surface area (Å²) in [6.45, 7) is 8.49. The molecule has 1 aliphatic heterocycles. The van der Waals surface area contributed by atoms with E-state index in [1.807, 2.05) is 24.4 Å². The fourth-order valence-corrected chi connectivity index (χ4v) is 2.97. The van der Waals surface area contributed by atoms with Gasteiger partial charge in [-0.2, -0.15) is 0 Å². The molecule has 1 amide bonds. The van der Waals surface area contributed by atoms with Crippen LogP contribution in [0.3, 0.4) is 0 Å². The molecule has 0 bridgehead atoms. The Balaban J connectivity index is 1.66. The minimum atomic E-state index is 0.153. The van der Waals surface area contributed by atoms with Crippen molar-refractivity contribution in [2.75, 3.05) is 37.6 Å². The Morgan fingerprint density at radius 2 is 2.04 bits per heavy atom. The molecule has 5 nitrogen and oxygen atoms in total. The Morgan fingerprint density at radius 1 is 1.26 bits per heavy atom. The summed E-state index contributed by atoms with van der Waals surface area (Å²) in [6.07, 6.45) is 6.57. The lowest BCUT2D eigenvalue weighted by Gasteiger charge is -2.35. The molecule has 1 aromatic rings. The Bertz CT molecular complexity index is 457. The lowest BCUT2D eigenvalue weighted by molar-refractivity contribution is -0.123. The molecule has 0 saturated carbocycles. The van der Waals surface area contributed by atoms with Crippen molar-refractivity contribution in [3.8, 4) is 0 Å². The molecular weight excluding hydrogens is 288 g/mol. The largest absolute Gasteiger partial charge is 0.354 e. The number of hydrogen-bond acceptors (Lipinski definition) is 4. The zero-order valence-corrected chi connectivity index (χ0v) is 14.5. The van der Waals surface area contributed by atoms with Crippen LogP contribution in [0.1, 0.15) is 39.5 Å². The molecule has 2 rings (SSSR count). The van der Waals surface area contributed by atoms with Crippen LogP contribution < -0.4 is 10.2 Å².